The van der Waals surface area contributed by atoms with Crippen LogP contribution in [0.15, 0.2) is 90.0 Å². The summed E-state index contributed by atoms with van der Waals surface area (Å²) in [5.41, 5.74) is 3.08. The minimum atomic E-state index is 0.00587. The number of carbonyl (C=O) groups is 1. The molecule has 1 heterocycles. The highest BCUT2D eigenvalue weighted by atomic mass is 32.2. The molecule has 0 unspecified atom stereocenters. The summed E-state index contributed by atoms with van der Waals surface area (Å²) in [6.45, 7) is 0.635. The van der Waals surface area contributed by atoms with Crippen molar-refractivity contribution < 1.29 is 4.79 Å². The fourth-order valence-corrected chi connectivity index (χ4v) is 3.72. The molecule has 4 aromatic rings. The summed E-state index contributed by atoms with van der Waals surface area (Å²) in [6, 6.07) is 28.5. The first-order valence-electron chi connectivity index (χ1n) is 9.54. The second-order valence-electron chi connectivity index (χ2n) is 6.69. The Bertz CT molecular complexity index is 1100. The van der Waals surface area contributed by atoms with Gasteiger partial charge in [-0.1, -0.05) is 78.5 Å². The average molecular weight is 400 g/mol. The Morgan fingerprint density at radius 1 is 0.828 bits per heavy atom. The van der Waals surface area contributed by atoms with Crippen molar-refractivity contribution in [2.24, 2.45) is 0 Å². The highest BCUT2D eigenvalue weighted by molar-refractivity contribution is 7.99. The monoisotopic (exact) mass is 399 g/mol. The minimum Gasteiger partial charge on any atom is -0.355 e. The van der Waals surface area contributed by atoms with Crippen LogP contribution in [-0.4, -0.2) is 28.4 Å². The van der Waals surface area contributed by atoms with E-state index < -0.39 is 0 Å². The van der Waals surface area contributed by atoms with Crippen LogP contribution in [0.25, 0.3) is 22.0 Å². The molecule has 0 radical (unpaired) electrons. The number of carbonyl (C=O) groups excluding carboxylic acids is 1. The predicted molar refractivity (Wildman–Crippen MR) is 119 cm³/mol. The number of amides is 1. The van der Waals surface area contributed by atoms with Crippen molar-refractivity contribution >= 4 is 28.4 Å². The van der Waals surface area contributed by atoms with Crippen LogP contribution in [0.1, 0.15) is 5.56 Å². The Hall–Kier alpha value is -3.18. The first-order chi connectivity index (χ1) is 14.3. The highest BCUT2D eigenvalue weighted by Crippen LogP contribution is 2.24. The third-order valence-electron chi connectivity index (χ3n) is 4.62. The molecule has 144 valence electrons. The lowest BCUT2D eigenvalue weighted by Gasteiger charge is -2.06. The van der Waals surface area contributed by atoms with E-state index in [1.54, 1.807) is 0 Å². The van der Waals surface area contributed by atoms with Crippen LogP contribution in [0, 0.1) is 0 Å². The summed E-state index contributed by atoms with van der Waals surface area (Å²) in [5.74, 6) is 0.338. The van der Waals surface area contributed by atoms with E-state index in [2.05, 4.69) is 58.0 Å². The minimum absolute atomic E-state index is 0.00587. The molecule has 0 atom stereocenters. The van der Waals surface area contributed by atoms with Gasteiger partial charge in [0.15, 0.2) is 0 Å². The Morgan fingerprint density at radius 2 is 1.62 bits per heavy atom. The molecule has 3 aromatic carbocycles. The Morgan fingerprint density at radius 3 is 2.41 bits per heavy atom. The van der Waals surface area contributed by atoms with Crippen LogP contribution in [0.4, 0.5) is 0 Å². The predicted octanol–water partition coefficient (Wildman–Crippen LogP) is 4.75. The van der Waals surface area contributed by atoms with Gasteiger partial charge in [-0.05, 0) is 41.0 Å². The van der Waals surface area contributed by atoms with Crippen LogP contribution in [0.5, 0.6) is 0 Å². The number of hydrogen-bond donors (Lipinski definition) is 1. The van der Waals surface area contributed by atoms with Gasteiger partial charge in [-0.3, -0.25) is 4.79 Å². The molecule has 1 amide bonds. The Labute approximate surface area is 174 Å². The van der Waals surface area contributed by atoms with Crippen molar-refractivity contribution in [1.82, 2.24) is 15.5 Å². The van der Waals surface area contributed by atoms with E-state index in [4.69, 9.17) is 0 Å². The molecule has 1 aromatic heterocycles. The van der Waals surface area contributed by atoms with Crippen LogP contribution in [-0.2, 0) is 11.2 Å². The number of rotatable bonds is 7. The lowest BCUT2D eigenvalue weighted by molar-refractivity contribution is -0.118. The fourth-order valence-electron chi connectivity index (χ4n) is 3.08. The number of thioether (sulfide) groups is 1. The molecule has 0 spiro atoms. The number of nitrogens with one attached hydrogen (secondary N) is 1. The van der Waals surface area contributed by atoms with E-state index in [-0.39, 0.29) is 5.91 Å². The van der Waals surface area contributed by atoms with Crippen molar-refractivity contribution in [2.75, 3.05) is 12.3 Å². The quantitative estimate of drug-likeness (QED) is 0.456. The number of aromatic nitrogens is 2. The van der Waals surface area contributed by atoms with Gasteiger partial charge >= 0.3 is 0 Å². The van der Waals surface area contributed by atoms with Gasteiger partial charge in [0.25, 0.3) is 0 Å². The van der Waals surface area contributed by atoms with Crippen molar-refractivity contribution in [1.29, 1.82) is 0 Å². The van der Waals surface area contributed by atoms with Crippen molar-refractivity contribution in [3.05, 3.63) is 90.5 Å². The molecule has 5 heteroatoms. The standard InChI is InChI=1S/C24H21N3OS/c28-23(25-15-14-18-6-2-1-3-7-18)17-29-24-13-12-22(26-27-24)21-11-10-19-8-4-5-9-20(19)16-21/h1-13,16H,14-15,17H2,(H,25,28). The van der Waals surface area contributed by atoms with Gasteiger partial charge in [0.2, 0.25) is 5.91 Å². The molecule has 0 aliphatic rings. The molecule has 4 rings (SSSR count). The lowest BCUT2D eigenvalue weighted by atomic mass is 10.1. The second kappa shape index (κ2) is 9.34. The van der Waals surface area contributed by atoms with Gasteiger partial charge in [0.05, 0.1) is 11.4 Å². The van der Waals surface area contributed by atoms with Crippen LogP contribution in [0.3, 0.4) is 0 Å². The normalized spacial score (nSPS) is 10.8. The zero-order valence-corrected chi connectivity index (χ0v) is 16.7. The highest BCUT2D eigenvalue weighted by Gasteiger charge is 2.06. The maximum absolute atomic E-state index is 12.0. The molecule has 0 aliphatic carbocycles. The maximum atomic E-state index is 12.0. The van der Waals surface area contributed by atoms with Crippen LogP contribution in [0.2, 0.25) is 0 Å². The molecule has 29 heavy (non-hydrogen) atoms. The third kappa shape index (κ3) is 5.21. The summed E-state index contributed by atoms with van der Waals surface area (Å²) in [7, 11) is 0. The molecule has 0 fully saturated rings. The van der Waals surface area contributed by atoms with E-state index in [0.717, 1.165) is 22.7 Å². The molecule has 0 saturated heterocycles. The summed E-state index contributed by atoms with van der Waals surface area (Å²) in [5, 5.41) is 14.7. The van der Waals surface area contributed by atoms with Gasteiger partial charge in [-0.2, -0.15) is 0 Å². The number of nitrogens with zero attached hydrogens (tertiary/aromatic N) is 2. The number of benzene rings is 3. The first-order valence-corrected chi connectivity index (χ1v) is 10.5. The van der Waals surface area contributed by atoms with E-state index in [1.807, 2.05) is 42.5 Å². The number of fused-ring (bicyclic) bond motifs is 1. The van der Waals surface area contributed by atoms with E-state index in [9.17, 15) is 4.79 Å². The van der Waals surface area contributed by atoms with E-state index in [0.29, 0.717) is 12.3 Å². The number of hydrogen-bond acceptors (Lipinski definition) is 4. The molecule has 4 nitrogen and oxygen atoms in total. The van der Waals surface area contributed by atoms with Gasteiger partial charge in [-0.25, -0.2) is 0 Å². The summed E-state index contributed by atoms with van der Waals surface area (Å²) in [4.78, 5) is 12.0. The molecule has 0 bridgehead atoms. The summed E-state index contributed by atoms with van der Waals surface area (Å²) in [6.07, 6.45) is 0.831. The molecule has 0 saturated carbocycles. The summed E-state index contributed by atoms with van der Waals surface area (Å²) >= 11 is 1.40. The average Bonchev–Trinajstić information content (AvgIpc) is 2.78. The van der Waals surface area contributed by atoms with Crippen molar-refractivity contribution in [3.8, 4) is 11.3 Å². The van der Waals surface area contributed by atoms with Crippen LogP contribution < -0.4 is 5.32 Å². The van der Waals surface area contributed by atoms with Gasteiger partial charge in [-0.15, -0.1) is 10.2 Å². The summed E-state index contributed by atoms with van der Waals surface area (Å²) < 4.78 is 0. The lowest BCUT2D eigenvalue weighted by Crippen LogP contribution is -2.27. The second-order valence-corrected chi connectivity index (χ2v) is 7.69. The zero-order valence-electron chi connectivity index (χ0n) is 15.9. The van der Waals surface area contributed by atoms with Gasteiger partial charge < -0.3 is 5.32 Å². The van der Waals surface area contributed by atoms with Crippen molar-refractivity contribution in [2.45, 2.75) is 11.4 Å². The van der Waals surface area contributed by atoms with E-state index >= 15 is 0 Å². The van der Waals surface area contributed by atoms with E-state index in [1.165, 1.54) is 28.1 Å². The molecule has 1 N–H and O–H groups in total. The third-order valence-corrected chi connectivity index (χ3v) is 5.54. The van der Waals surface area contributed by atoms with Crippen LogP contribution >= 0.6 is 11.8 Å². The fraction of sp³-hybridized carbons (Fsp3) is 0.125. The zero-order chi connectivity index (χ0) is 19.9. The Balaban J connectivity index is 1.29. The molecular weight excluding hydrogens is 378 g/mol. The first kappa shape index (κ1) is 19.2. The van der Waals surface area contributed by atoms with Crippen molar-refractivity contribution in [3.63, 3.8) is 0 Å². The molecule has 0 aliphatic heterocycles. The maximum Gasteiger partial charge on any atom is 0.230 e. The van der Waals surface area contributed by atoms with Gasteiger partial charge in [0, 0.05) is 12.1 Å². The molecular formula is C24H21N3OS. The smallest absolute Gasteiger partial charge is 0.230 e. The topological polar surface area (TPSA) is 54.9 Å². The Kier molecular flexibility index (Phi) is 6.17. The van der Waals surface area contributed by atoms with Gasteiger partial charge in [0.1, 0.15) is 5.03 Å². The largest absolute Gasteiger partial charge is 0.355 e. The SMILES string of the molecule is O=C(CSc1ccc(-c2ccc3ccccc3c2)nn1)NCCc1ccccc1.